The monoisotopic (exact) mass is 458 g/mol. The van der Waals surface area contributed by atoms with Crippen molar-refractivity contribution in [1.29, 1.82) is 0 Å². The maximum absolute atomic E-state index is 12.4. The number of aliphatic carboxylic acids is 2. The first-order valence-electron chi connectivity index (χ1n) is 9.91. The van der Waals surface area contributed by atoms with Crippen LogP contribution in [0, 0.1) is 0 Å². The summed E-state index contributed by atoms with van der Waals surface area (Å²) in [6, 6.07) is 9.02. The number of epoxide rings is 1. The summed E-state index contributed by atoms with van der Waals surface area (Å²) >= 11 is 0. The average molecular weight is 458 g/mol. The third kappa shape index (κ3) is 6.43. The number of phenolic OH excluding ortho intramolecular Hbond substituents is 2. The minimum atomic E-state index is -1.30. The number of carbonyl (C=O) groups is 4. The second kappa shape index (κ2) is 10.0. The Morgan fingerprint density at radius 3 is 1.33 bits per heavy atom. The number of nitrogens with one attached hydrogen (secondary N) is 2. The molecule has 11 heteroatoms. The summed E-state index contributed by atoms with van der Waals surface area (Å²) in [6.07, 6.45) is -2.60. The van der Waals surface area contributed by atoms with Gasteiger partial charge in [-0.15, -0.1) is 0 Å². The van der Waals surface area contributed by atoms with E-state index < -0.39 is 48.0 Å². The Morgan fingerprint density at radius 2 is 1.03 bits per heavy atom. The van der Waals surface area contributed by atoms with E-state index in [1.807, 2.05) is 0 Å². The van der Waals surface area contributed by atoms with Gasteiger partial charge in [-0.2, -0.15) is 0 Å². The largest absolute Gasteiger partial charge is 0.508 e. The highest BCUT2D eigenvalue weighted by Crippen LogP contribution is 2.23. The van der Waals surface area contributed by atoms with Crippen molar-refractivity contribution in [2.24, 2.45) is 0 Å². The number of ether oxygens (including phenoxy) is 1. The molecule has 1 aliphatic rings. The number of hydrogen-bond acceptors (Lipinski definition) is 7. The van der Waals surface area contributed by atoms with Crippen LogP contribution in [0.1, 0.15) is 11.1 Å². The second-order valence-corrected chi connectivity index (χ2v) is 7.52. The van der Waals surface area contributed by atoms with E-state index in [1.54, 1.807) is 0 Å². The van der Waals surface area contributed by atoms with Crippen LogP contribution in [-0.2, 0) is 36.8 Å². The van der Waals surface area contributed by atoms with Crippen molar-refractivity contribution in [3.63, 3.8) is 0 Å². The highest BCUT2D eigenvalue weighted by Gasteiger charge is 2.51. The molecular weight excluding hydrogens is 436 g/mol. The quantitative estimate of drug-likeness (QED) is 0.262. The Bertz CT molecular complexity index is 953. The van der Waals surface area contributed by atoms with Crippen molar-refractivity contribution in [2.45, 2.75) is 37.1 Å². The van der Waals surface area contributed by atoms with Crippen molar-refractivity contribution in [3.8, 4) is 11.5 Å². The summed E-state index contributed by atoms with van der Waals surface area (Å²) in [6.45, 7) is 0. The van der Waals surface area contributed by atoms with E-state index in [0.717, 1.165) is 0 Å². The average Bonchev–Trinajstić information content (AvgIpc) is 3.57. The van der Waals surface area contributed by atoms with Gasteiger partial charge in [-0.05, 0) is 35.4 Å². The standard InChI is InChI=1S/C22H22N2O9/c25-13-5-1-11(2-6-13)9-15(21(29)30)23-19(27)17-18(33-17)20(28)24-16(22(31)32)10-12-3-7-14(26)8-4-12/h1-8,15-18,25-26H,9-10H2,(H,23,27)(H,24,28)(H,29,30)(H,31,32)/t15-,16-,17-,18-/m0/s1. The molecule has 174 valence electrons. The number of carboxylic acids is 2. The lowest BCUT2D eigenvalue weighted by Gasteiger charge is -2.15. The summed E-state index contributed by atoms with van der Waals surface area (Å²) in [5.41, 5.74) is 1.12. The molecule has 0 radical (unpaired) electrons. The molecule has 1 aliphatic heterocycles. The predicted molar refractivity (Wildman–Crippen MR) is 111 cm³/mol. The Kier molecular flexibility index (Phi) is 7.13. The van der Waals surface area contributed by atoms with E-state index in [0.29, 0.717) is 11.1 Å². The molecule has 2 aromatic rings. The molecule has 33 heavy (non-hydrogen) atoms. The number of aromatic hydroxyl groups is 2. The van der Waals surface area contributed by atoms with Crippen LogP contribution in [-0.4, -0.2) is 68.5 Å². The van der Waals surface area contributed by atoms with Gasteiger partial charge in [0.15, 0.2) is 12.2 Å². The number of rotatable bonds is 10. The molecule has 0 spiro atoms. The molecule has 0 aromatic heterocycles. The van der Waals surface area contributed by atoms with Crippen LogP contribution < -0.4 is 10.6 Å². The third-order valence-corrected chi connectivity index (χ3v) is 4.99. The third-order valence-electron chi connectivity index (χ3n) is 4.99. The maximum atomic E-state index is 12.4. The van der Waals surface area contributed by atoms with Crippen LogP contribution in [0.4, 0.5) is 0 Å². The molecule has 2 aromatic carbocycles. The lowest BCUT2D eigenvalue weighted by Crippen LogP contribution is -2.47. The number of carbonyl (C=O) groups excluding carboxylic acids is 2. The van der Waals surface area contributed by atoms with E-state index in [4.69, 9.17) is 4.74 Å². The van der Waals surface area contributed by atoms with Gasteiger partial charge in [0.05, 0.1) is 0 Å². The number of amides is 2. The molecule has 1 fully saturated rings. The van der Waals surface area contributed by atoms with Crippen LogP contribution in [0.25, 0.3) is 0 Å². The smallest absolute Gasteiger partial charge is 0.326 e. The second-order valence-electron chi connectivity index (χ2n) is 7.52. The topological polar surface area (TPSA) is 186 Å². The van der Waals surface area contributed by atoms with Gasteiger partial charge >= 0.3 is 11.9 Å². The molecule has 0 saturated carbocycles. The van der Waals surface area contributed by atoms with Gasteiger partial charge in [0.2, 0.25) is 0 Å². The Labute approximate surface area is 187 Å². The predicted octanol–water partition coefficient (Wildman–Crippen LogP) is -0.211. The first kappa shape index (κ1) is 23.5. The van der Waals surface area contributed by atoms with E-state index in [1.165, 1.54) is 48.5 Å². The zero-order valence-electron chi connectivity index (χ0n) is 17.2. The first-order valence-corrected chi connectivity index (χ1v) is 9.91. The maximum Gasteiger partial charge on any atom is 0.326 e. The summed E-state index contributed by atoms with van der Waals surface area (Å²) in [7, 11) is 0. The summed E-state index contributed by atoms with van der Waals surface area (Å²) < 4.78 is 5.06. The van der Waals surface area contributed by atoms with Gasteiger partial charge in [0, 0.05) is 12.8 Å². The lowest BCUT2D eigenvalue weighted by atomic mass is 10.0. The lowest BCUT2D eigenvalue weighted by molar-refractivity contribution is -0.142. The van der Waals surface area contributed by atoms with Crippen LogP contribution in [0.3, 0.4) is 0 Å². The van der Waals surface area contributed by atoms with Gasteiger partial charge in [-0.25, -0.2) is 9.59 Å². The van der Waals surface area contributed by atoms with Crippen molar-refractivity contribution >= 4 is 23.8 Å². The molecule has 1 saturated heterocycles. The SMILES string of the molecule is O=C(O)[C@H](Cc1ccc(O)cc1)NC(=O)[C@H]1O[C@@H]1C(=O)N[C@@H](Cc1ccc(O)cc1)C(=O)O. The highest BCUT2D eigenvalue weighted by molar-refractivity contribution is 5.97. The summed E-state index contributed by atoms with van der Waals surface area (Å²) in [5.74, 6) is -4.19. The molecule has 0 bridgehead atoms. The summed E-state index contributed by atoms with van der Waals surface area (Å²) in [4.78, 5) is 47.8. The van der Waals surface area contributed by atoms with Crippen molar-refractivity contribution in [2.75, 3.05) is 0 Å². The fourth-order valence-electron chi connectivity index (χ4n) is 3.15. The Morgan fingerprint density at radius 1 is 0.697 bits per heavy atom. The number of carboxylic acid groups (broad SMARTS) is 2. The zero-order chi connectivity index (χ0) is 24.1. The van der Waals surface area contributed by atoms with Gasteiger partial charge in [-0.3, -0.25) is 9.59 Å². The number of phenols is 2. The molecule has 6 N–H and O–H groups in total. The minimum absolute atomic E-state index is 0.0139. The van der Waals surface area contributed by atoms with E-state index in [2.05, 4.69) is 10.6 Å². The fraction of sp³-hybridized carbons (Fsp3) is 0.273. The van der Waals surface area contributed by atoms with E-state index >= 15 is 0 Å². The van der Waals surface area contributed by atoms with Gasteiger partial charge in [0.1, 0.15) is 23.6 Å². The molecular formula is C22H22N2O9. The molecule has 0 unspecified atom stereocenters. The van der Waals surface area contributed by atoms with Crippen molar-refractivity contribution in [1.82, 2.24) is 10.6 Å². The number of benzene rings is 2. The Hall–Kier alpha value is -4.12. The van der Waals surface area contributed by atoms with Gasteiger partial charge < -0.3 is 35.8 Å². The van der Waals surface area contributed by atoms with E-state index in [-0.39, 0.29) is 24.3 Å². The molecule has 0 aliphatic carbocycles. The van der Waals surface area contributed by atoms with Crippen LogP contribution in [0.15, 0.2) is 48.5 Å². The van der Waals surface area contributed by atoms with Crippen LogP contribution in [0.5, 0.6) is 11.5 Å². The molecule has 4 atom stereocenters. The van der Waals surface area contributed by atoms with E-state index in [9.17, 15) is 39.6 Å². The van der Waals surface area contributed by atoms with Crippen LogP contribution in [0.2, 0.25) is 0 Å². The minimum Gasteiger partial charge on any atom is -0.508 e. The van der Waals surface area contributed by atoms with Crippen molar-refractivity contribution in [3.05, 3.63) is 59.7 Å². The molecule has 1 heterocycles. The number of hydrogen-bond donors (Lipinski definition) is 6. The molecule has 11 nitrogen and oxygen atoms in total. The van der Waals surface area contributed by atoms with Gasteiger partial charge in [-0.1, -0.05) is 24.3 Å². The molecule has 2 amide bonds. The van der Waals surface area contributed by atoms with Crippen molar-refractivity contribution < 1.29 is 44.3 Å². The zero-order valence-corrected chi connectivity index (χ0v) is 17.2. The molecule has 3 rings (SSSR count). The van der Waals surface area contributed by atoms with Gasteiger partial charge in [0.25, 0.3) is 11.8 Å². The normalized spacial score (nSPS) is 18.5. The fourth-order valence-corrected chi connectivity index (χ4v) is 3.15. The van der Waals surface area contributed by atoms with Crippen LogP contribution >= 0.6 is 0 Å². The highest BCUT2D eigenvalue weighted by atomic mass is 16.6. The first-order chi connectivity index (χ1) is 15.6. The Balaban J connectivity index is 1.55. The summed E-state index contributed by atoms with van der Waals surface area (Å²) in [5, 5.41) is 42.0.